The van der Waals surface area contributed by atoms with Crippen LogP contribution in [0.4, 0.5) is 0 Å². The Bertz CT molecular complexity index is 170. The highest BCUT2D eigenvalue weighted by atomic mass is 16.5. The van der Waals surface area contributed by atoms with Crippen LogP contribution in [0.3, 0.4) is 0 Å². The molecule has 1 heteroatoms. The zero-order valence-electron chi connectivity index (χ0n) is 11.2. The van der Waals surface area contributed by atoms with Crippen molar-refractivity contribution in [3.05, 3.63) is 0 Å². The minimum absolute atomic E-state index is 0.489. The number of hydrogen-bond acceptors (Lipinski definition) is 1. The summed E-state index contributed by atoms with van der Waals surface area (Å²) >= 11 is 0. The van der Waals surface area contributed by atoms with Gasteiger partial charge in [-0.05, 0) is 42.9 Å². The Labute approximate surface area is 95.6 Å². The second-order valence-electron chi connectivity index (χ2n) is 6.57. The summed E-state index contributed by atoms with van der Waals surface area (Å²) in [6.45, 7) is 12.5. The summed E-state index contributed by atoms with van der Waals surface area (Å²) in [6, 6.07) is 0. The summed E-state index contributed by atoms with van der Waals surface area (Å²) in [5.74, 6) is 1.57. The third kappa shape index (κ3) is 4.55. The predicted octanol–water partition coefficient (Wildman–Crippen LogP) is 4.26. The van der Waals surface area contributed by atoms with Gasteiger partial charge in [0.1, 0.15) is 0 Å². The molecule has 0 N–H and O–H groups in total. The molecule has 1 saturated carbocycles. The molecule has 0 aromatic carbocycles. The molecule has 0 atom stereocenters. The van der Waals surface area contributed by atoms with E-state index in [1.807, 2.05) is 0 Å². The molecule has 0 radical (unpaired) electrons. The summed E-state index contributed by atoms with van der Waals surface area (Å²) in [4.78, 5) is 0. The van der Waals surface area contributed by atoms with E-state index in [0.29, 0.717) is 17.4 Å². The molecular weight excluding hydrogens is 184 g/mol. The van der Waals surface area contributed by atoms with Crippen molar-refractivity contribution in [3.8, 4) is 0 Å². The molecule has 0 saturated heterocycles. The summed E-state index contributed by atoms with van der Waals surface area (Å²) in [7, 11) is 0. The number of hydrogen-bond donors (Lipinski definition) is 0. The molecule has 1 aliphatic carbocycles. The van der Waals surface area contributed by atoms with Crippen LogP contribution in [0.2, 0.25) is 0 Å². The molecular formula is C14H28O. The number of ether oxygens (including phenoxy) is 1. The first-order valence-corrected chi connectivity index (χ1v) is 6.51. The van der Waals surface area contributed by atoms with Gasteiger partial charge in [-0.2, -0.15) is 0 Å². The number of rotatable bonds is 3. The van der Waals surface area contributed by atoms with E-state index in [-0.39, 0.29) is 0 Å². The van der Waals surface area contributed by atoms with E-state index in [0.717, 1.165) is 12.5 Å². The lowest BCUT2D eigenvalue weighted by Gasteiger charge is -2.37. The Balaban J connectivity index is 2.24. The third-order valence-corrected chi connectivity index (χ3v) is 3.56. The molecule has 0 aliphatic heterocycles. The first kappa shape index (κ1) is 13.0. The van der Waals surface area contributed by atoms with Gasteiger partial charge in [-0.3, -0.25) is 0 Å². The highest BCUT2D eigenvalue weighted by Crippen LogP contribution is 2.38. The molecule has 0 heterocycles. The smallest absolute Gasteiger partial charge is 0.0575 e. The highest BCUT2D eigenvalue weighted by molar-refractivity contribution is 4.80. The Morgan fingerprint density at radius 2 is 1.60 bits per heavy atom. The van der Waals surface area contributed by atoms with Crippen molar-refractivity contribution in [3.63, 3.8) is 0 Å². The van der Waals surface area contributed by atoms with Gasteiger partial charge in [0.15, 0.2) is 0 Å². The Morgan fingerprint density at radius 1 is 1.07 bits per heavy atom. The van der Waals surface area contributed by atoms with E-state index in [4.69, 9.17) is 4.74 Å². The summed E-state index contributed by atoms with van der Waals surface area (Å²) in [5.41, 5.74) is 0.489. The largest absolute Gasteiger partial charge is 0.378 e. The first-order valence-electron chi connectivity index (χ1n) is 6.51. The Hall–Kier alpha value is -0.0400. The maximum absolute atomic E-state index is 5.91. The van der Waals surface area contributed by atoms with E-state index in [2.05, 4.69) is 34.6 Å². The van der Waals surface area contributed by atoms with Crippen molar-refractivity contribution < 1.29 is 4.74 Å². The van der Waals surface area contributed by atoms with Gasteiger partial charge < -0.3 is 4.74 Å². The van der Waals surface area contributed by atoms with Crippen molar-refractivity contribution >= 4 is 0 Å². The fraction of sp³-hybridized carbons (Fsp3) is 1.00. The van der Waals surface area contributed by atoms with Crippen LogP contribution in [-0.2, 0) is 4.74 Å². The van der Waals surface area contributed by atoms with E-state index in [1.54, 1.807) is 0 Å². The molecule has 0 bridgehead atoms. The van der Waals surface area contributed by atoms with E-state index in [9.17, 15) is 0 Å². The zero-order valence-corrected chi connectivity index (χ0v) is 11.2. The van der Waals surface area contributed by atoms with Crippen LogP contribution in [0.5, 0.6) is 0 Å². The van der Waals surface area contributed by atoms with Gasteiger partial charge in [0.05, 0.1) is 6.10 Å². The lowest BCUT2D eigenvalue weighted by atomic mass is 9.72. The van der Waals surface area contributed by atoms with Gasteiger partial charge in [0.2, 0.25) is 0 Å². The molecule has 0 amide bonds. The van der Waals surface area contributed by atoms with Gasteiger partial charge >= 0.3 is 0 Å². The van der Waals surface area contributed by atoms with Gasteiger partial charge in [-0.15, -0.1) is 0 Å². The molecule has 1 nitrogen and oxygen atoms in total. The lowest BCUT2D eigenvalue weighted by molar-refractivity contribution is -0.00760. The van der Waals surface area contributed by atoms with Gasteiger partial charge in [0.25, 0.3) is 0 Å². The van der Waals surface area contributed by atoms with Gasteiger partial charge in [-0.25, -0.2) is 0 Å². The Kier molecular flexibility index (Phi) is 4.64. The van der Waals surface area contributed by atoms with E-state index < -0.39 is 0 Å². The van der Waals surface area contributed by atoms with Crippen LogP contribution in [0.1, 0.15) is 60.3 Å². The van der Waals surface area contributed by atoms with E-state index in [1.165, 1.54) is 25.7 Å². The monoisotopic (exact) mass is 212 g/mol. The average Bonchev–Trinajstić information content (AvgIpc) is 2.14. The molecule has 0 aromatic heterocycles. The minimum Gasteiger partial charge on any atom is -0.378 e. The lowest BCUT2D eigenvalue weighted by Crippen LogP contribution is -2.29. The van der Waals surface area contributed by atoms with Crippen LogP contribution in [0.25, 0.3) is 0 Å². The summed E-state index contributed by atoms with van der Waals surface area (Å²) < 4.78 is 5.91. The van der Waals surface area contributed by atoms with Gasteiger partial charge in [-0.1, -0.05) is 34.6 Å². The minimum atomic E-state index is 0.489. The maximum atomic E-state index is 5.91. The molecule has 1 aliphatic rings. The second kappa shape index (κ2) is 5.34. The SMILES string of the molecule is CC(C)COC1CCC(C(C)(C)C)CC1. The quantitative estimate of drug-likeness (QED) is 0.679. The highest BCUT2D eigenvalue weighted by Gasteiger charge is 2.29. The fourth-order valence-electron chi connectivity index (χ4n) is 2.42. The normalized spacial score (nSPS) is 28.4. The maximum Gasteiger partial charge on any atom is 0.0575 e. The molecule has 1 fully saturated rings. The van der Waals surface area contributed by atoms with Crippen LogP contribution < -0.4 is 0 Å². The average molecular weight is 212 g/mol. The summed E-state index contributed by atoms with van der Waals surface area (Å²) in [5, 5.41) is 0. The Morgan fingerprint density at radius 3 is 2.00 bits per heavy atom. The van der Waals surface area contributed by atoms with Crippen LogP contribution in [-0.4, -0.2) is 12.7 Å². The standard InChI is InChI=1S/C14H28O/c1-11(2)10-15-13-8-6-12(7-9-13)14(3,4)5/h11-13H,6-10H2,1-5H3. The van der Waals surface area contributed by atoms with Gasteiger partial charge in [0, 0.05) is 6.61 Å². The molecule has 1 rings (SSSR count). The fourth-order valence-corrected chi connectivity index (χ4v) is 2.42. The van der Waals surface area contributed by atoms with Crippen molar-refractivity contribution in [2.75, 3.05) is 6.61 Å². The summed E-state index contributed by atoms with van der Waals surface area (Å²) in [6.07, 6.45) is 5.80. The van der Waals surface area contributed by atoms with Crippen molar-refractivity contribution in [1.82, 2.24) is 0 Å². The molecule has 15 heavy (non-hydrogen) atoms. The van der Waals surface area contributed by atoms with Crippen LogP contribution >= 0.6 is 0 Å². The van der Waals surface area contributed by atoms with E-state index >= 15 is 0 Å². The van der Waals surface area contributed by atoms with Crippen molar-refractivity contribution in [2.45, 2.75) is 66.4 Å². The third-order valence-electron chi connectivity index (χ3n) is 3.56. The molecule has 90 valence electrons. The van der Waals surface area contributed by atoms with Crippen LogP contribution in [0.15, 0.2) is 0 Å². The predicted molar refractivity (Wildman–Crippen MR) is 66.0 cm³/mol. The van der Waals surface area contributed by atoms with Crippen molar-refractivity contribution in [2.24, 2.45) is 17.3 Å². The molecule has 0 aromatic rings. The van der Waals surface area contributed by atoms with Crippen LogP contribution in [0, 0.1) is 17.3 Å². The molecule has 0 spiro atoms. The van der Waals surface area contributed by atoms with Crippen molar-refractivity contribution in [1.29, 1.82) is 0 Å². The zero-order chi connectivity index (χ0) is 11.5. The second-order valence-corrected chi connectivity index (χ2v) is 6.57. The topological polar surface area (TPSA) is 9.23 Å². The molecule has 0 unspecified atom stereocenters. The first-order chi connectivity index (χ1) is 6.89.